The second-order valence-electron chi connectivity index (χ2n) is 3.35. The molecular weight excluding hydrogens is 268 g/mol. The monoisotopic (exact) mass is 286 g/mol. The van der Waals surface area contributed by atoms with Gasteiger partial charge in [-0.3, -0.25) is 0 Å². The largest absolute Gasteiger partial charge is 0.384 e. The third-order valence-corrected chi connectivity index (χ3v) is 4.50. The summed E-state index contributed by atoms with van der Waals surface area (Å²) in [5, 5.41) is 0. The van der Waals surface area contributed by atoms with Gasteiger partial charge in [0.05, 0.1) is 12.4 Å². The van der Waals surface area contributed by atoms with Crippen molar-refractivity contribution in [2.45, 2.75) is 31.0 Å². The highest BCUT2D eigenvalue weighted by molar-refractivity contribution is 9.09. The Morgan fingerprint density at radius 2 is 2.00 bits per heavy atom. The zero-order valence-corrected chi connectivity index (χ0v) is 11.2. The molecule has 0 heterocycles. The highest BCUT2D eigenvalue weighted by Gasteiger charge is 2.10. The minimum Gasteiger partial charge on any atom is -0.384 e. The predicted octanol–water partition coefficient (Wildman–Crippen LogP) is 2.00. The second-order valence-corrected chi connectivity index (χ2v) is 6.95. The molecular formula is C9H19BrO3S. The van der Waals surface area contributed by atoms with Crippen molar-refractivity contribution in [3.05, 3.63) is 0 Å². The van der Waals surface area contributed by atoms with Crippen molar-refractivity contribution in [3.63, 3.8) is 0 Å². The lowest BCUT2D eigenvalue weighted by Crippen LogP contribution is -2.13. The molecule has 0 radical (unpaired) electrons. The molecule has 0 saturated carbocycles. The van der Waals surface area contributed by atoms with Gasteiger partial charge in [-0.25, -0.2) is 8.42 Å². The van der Waals surface area contributed by atoms with Crippen molar-refractivity contribution in [1.29, 1.82) is 0 Å². The van der Waals surface area contributed by atoms with Crippen LogP contribution in [-0.2, 0) is 14.6 Å². The zero-order valence-electron chi connectivity index (χ0n) is 8.83. The molecule has 3 nitrogen and oxygen atoms in total. The fraction of sp³-hybridized carbons (Fsp3) is 1.00. The van der Waals surface area contributed by atoms with Crippen LogP contribution in [0.1, 0.15) is 26.2 Å². The Morgan fingerprint density at radius 3 is 2.50 bits per heavy atom. The molecule has 5 heteroatoms. The van der Waals surface area contributed by atoms with E-state index < -0.39 is 9.84 Å². The average molecular weight is 287 g/mol. The van der Waals surface area contributed by atoms with Gasteiger partial charge in [0.25, 0.3) is 0 Å². The Hall–Kier alpha value is 0.390. The zero-order chi connectivity index (χ0) is 11.0. The summed E-state index contributed by atoms with van der Waals surface area (Å²) in [7, 11) is -1.16. The van der Waals surface area contributed by atoms with E-state index in [4.69, 9.17) is 4.74 Å². The Balaban J connectivity index is 3.63. The van der Waals surface area contributed by atoms with Crippen LogP contribution >= 0.6 is 15.9 Å². The molecule has 0 amide bonds. The van der Waals surface area contributed by atoms with Gasteiger partial charge in [0, 0.05) is 17.7 Å². The van der Waals surface area contributed by atoms with E-state index in [-0.39, 0.29) is 4.83 Å². The lowest BCUT2D eigenvalue weighted by molar-refractivity contribution is 0.198. The first-order chi connectivity index (χ1) is 6.52. The average Bonchev–Trinajstić information content (AvgIpc) is 2.03. The SMILES string of the molecule is CCCS(=O)(=O)CCCC(Br)COC. The molecule has 0 spiro atoms. The summed E-state index contributed by atoms with van der Waals surface area (Å²) in [6.45, 7) is 2.52. The summed E-state index contributed by atoms with van der Waals surface area (Å²) in [5.74, 6) is 0.608. The topological polar surface area (TPSA) is 43.4 Å². The van der Waals surface area contributed by atoms with Crippen LogP contribution in [0.5, 0.6) is 0 Å². The van der Waals surface area contributed by atoms with Gasteiger partial charge in [-0.1, -0.05) is 22.9 Å². The van der Waals surface area contributed by atoms with Crippen molar-refractivity contribution < 1.29 is 13.2 Å². The molecule has 0 N–H and O–H groups in total. The van der Waals surface area contributed by atoms with Gasteiger partial charge in [0.15, 0.2) is 0 Å². The summed E-state index contributed by atoms with van der Waals surface area (Å²) in [6, 6.07) is 0. The molecule has 0 bridgehead atoms. The molecule has 1 unspecified atom stereocenters. The Bertz CT molecular complexity index is 226. The van der Waals surface area contributed by atoms with Crippen LogP contribution in [-0.4, -0.2) is 38.5 Å². The molecule has 0 saturated heterocycles. The van der Waals surface area contributed by atoms with Crippen LogP contribution in [0.2, 0.25) is 0 Å². The molecule has 0 aromatic heterocycles. The van der Waals surface area contributed by atoms with E-state index in [0.29, 0.717) is 31.0 Å². The van der Waals surface area contributed by atoms with Crippen LogP contribution < -0.4 is 0 Å². The Kier molecular flexibility index (Phi) is 7.86. The van der Waals surface area contributed by atoms with Gasteiger partial charge >= 0.3 is 0 Å². The van der Waals surface area contributed by atoms with Crippen molar-refractivity contribution in [2.75, 3.05) is 25.2 Å². The molecule has 1 atom stereocenters. The van der Waals surface area contributed by atoms with Crippen molar-refractivity contribution in [2.24, 2.45) is 0 Å². The summed E-state index contributed by atoms with van der Waals surface area (Å²) in [5.41, 5.74) is 0. The van der Waals surface area contributed by atoms with E-state index in [1.54, 1.807) is 7.11 Å². The number of rotatable bonds is 8. The molecule has 0 rings (SSSR count). The summed E-state index contributed by atoms with van der Waals surface area (Å²) >= 11 is 3.42. The van der Waals surface area contributed by atoms with Gasteiger partial charge in [0.1, 0.15) is 9.84 Å². The lowest BCUT2D eigenvalue weighted by Gasteiger charge is -2.08. The highest BCUT2D eigenvalue weighted by atomic mass is 79.9. The number of alkyl halides is 1. The normalized spacial score (nSPS) is 14.2. The highest BCUT2D eigenvalue weighted by Crippen LogP contribution is 2.09. The summed E-state index contributed by atoms with van der Waals surface area (Å²) in [6.07, 6.45) is 2.26. The number of hydrogen-bond donors (Lipinski definition) is 0. The van der Waals surface area contributed by atoms with E-state index in [1.165, 1.54) is 0 Å². The van der Waals surface area contributed by atoms with Crippen LogP contribution in [0, 0.1) is 0 Å². The van der Waals surface area contributed by atoms with Gasteiger partial charge in [0.2, 0.25) is 0 Å². The maximum absolute atomic E-state index is 11.3. The first kappa shape index (κ1) is 14.4. The Morgan fingerprint density at radius 1 is 1.36 bits per heavy atom. The Labute approximate surface area is 95.3 Å². The molecule has 14 heavy (non-hydrogen) atoms. The number of sulfone groups is 1. The second kappa shape index (κ2) is 7.65. The molecule has 0 aromatic carbocycles. The maximum atomic E-state index is 11.3. The van der Waals surface area contributed by atoms with Crippen molar-refractivity contribution in [3.8, 4) is 0 Å². The van der Waals surface area contributed by atoms with E-state index in [1.807, 2.05) is 6.92 Å². The molecule has 0 aliphatic heterocycles. The standard InChI is InChI=1S/C9H19BrO3S/c1-3-6-14(11,12)7-4-5-9(10)8-13-2/h9H,3-8H2,1-2H3. The van der Waals surface area contributed by atoms with Gasteiger partial charge in [-0.15, -0.1) is 0 Å². The van der Waals surface area contributed by atoms with Gasteiger partial charge in [-0.2, -0.15) is 0 Å². The first-order valence-corrected chi connectivity index (χ1v) is 7.59. The van der Waals surface area contributed by atoms with Gasteiger partial charge < -0.3 is 4.74 Å². The third-order valence-electron chi connectivity index (χ3n) is 1.84. The smallest absolute Gasteiger partial charge is 0.150 e. The minimum atomic E-state index is -2.80. The third kappa shape index (κ3) is 7.76. The fourth-order valence-corrected chi connectivity index (χ4v) is 3.22. The molecule has 0 aromatic rings. The number of hydrogen-bond acceptors (Lipinski definition) is 3. The molecule has 0 aliphatic carbocycles. The summed E-state index contributed by atoms with van der Waals surface area (Å²) in [4.78, 5) is 0.268. The van der Waals surface area contributed by atoms with Crippen LogP contribution in [0.25, 0.3) is 0 Å². The van der Waals surface area contributed by atoms with Crippen LogP contribution in [0.3, 0.4) is 0 Å². The summed E-state index contributed by atoms with van der Waals surface area (Å²) < 4.78 is 27.6. The van der Waals surface area contributed by atoms with Gasteiger partial charge in [-0.05, 0) is 19.3 Å². The van der Waals surface area contributed by atoms with Crippen molar-refractivity contribution in [1.82, 2.24) is 0 Å². The number of halogens is 1. The van der Waals surface area contributed by atoms with E-state index in [2.05, 4.69) is 15.9 Å². The van der Waals surface area contributed by atoms with E-state index in [9.17, 15) is 8.42 Å². The minimum absolute atomic E-state index is 0.268. The van der Waals surface area contributed by atoms with Crippen LogP contribution in [0.15, 0.2) is 0 Å². The predicted molar refractivity (Wildman–Crippen MR) is 62.8 cm³/mol. The molecule has 0 fully saturated rings. The quantitative estimate of drug-likeness (QED) is 0.641. The number of methoxy groups -OCH3 is 1. The van der Waals surface area contributed by atoms with Crippen LogP contribution in [0.4, 0.5) is 0 Å². The fourth-order valence-electron chi connectivity index (χ4n) is 1.20. The van der Waals surface area contributed by atoms with E-state index >= 15 is 0 Å². The van der Waals surface area contributed by atoms with E-state index in [0.717, 1.165) is 6.42 Å². The first-order valence-electron chi connectivity index (χ1n) is 4.85. The van der Waals surface area contributed by atoms with Crippen molar-refractivity contribution >= 4 is 25.8 Å². The molecule has 86 valence electrons. The molecule has 0 aliphatic rings. The maximum Gasteiger partial charge on any atom is 0.150 e. The lowest BCUT2D eigenvalue weighted by atomic mass is 10.3. The number of ether oxygens (including phenoxy) is 1.